The number of nitrogens with zero attached hydrogens (tertiary/aromatic N) is 1. The Hall–Kier alpha value is -1.01. The second-order valence-electron chi connectivity index (χ2n) is 4.14. The quantitative estimate of drug-likeness (QED) is 0.734. The van der Waals surface area contributed by atoms with Crippen LogP contribution in [0.1, 0.15) is 19.8 Å². The number of rotatable bonds is 6. The number of carbonyl (C=O) groups is 1. The van der Waals surface area contributed by atoms with E-state index in [1.165, 1.54) is 18.0 Å². The zero-order chi connectivity index (χ0) is 11.6. The fraction of sp³-hybridized carbons (Fsp3) is 0.600. The van der Waals surface area contributed by atoms with Crippen molar-refractivity contribution in [3.05, 3.63) is 12.5 Å². The van der Waals surface area contributed by atoms with Gasteiger partial charge in [-0.15, -0.1) is 0 Å². The molecule has 1 aliphatic carbocycles. The maximum atomic E-state index is 11.2. The number of oxazole rings is 1. The lowest BCUT2D eigenvalue weighted by atomic mass is 10.1. The molecular weight excluding hydrogens is 228 g/mol. The minimum atomic E-state index is -0.916. The smallest absolute Gasteiger partial charge is 0.324 e. The standard InChI is InChI=1S/C10H14N2O3S/c1-10(8(13)14,12-7-2-3-7)6-16-9-11-4-5-15-9/h4-5,7,12H,2-3,6H2,1H3,(H,13,14). The third-order valence-corrected chi connectivity index (χ3v) is 3.64. The van der Waals surface area contributed by atoms with Crippen LogP contribution < -0.4 is 5.32 Å². The highest BCUT2D eigenvalue weighted by Gasteiger charge is 2.38. The molecule has 1 saturated carbocycles. The van der Waals surface area contributed by atoms with E-state index in [0.29, 0.717) is 17.0 Å². The maximum Gasteiger partial charge on any atom is 0.324 e. The lowest BCUT2D eigenvalue weighted by Gasteiger charge is -2.25. The zero-order valence-corrected chi connectivity index (χ0v) is 9.79. The van der Waals surface area contributed by atoms with Crippen LogP contribution in [-0.2, 0) is 4.79 Å². The molecule has 5 nitrogen and oxygen atoms in total. The lowest BCUT2D eigenvalue weighted by Crippen LogP contribution is -2.52. The summed E-state index contributed by atoms with van der Waals surface area (Å²) in [5.74, 6) is -0.433. The number of thioether (sulfide) groups is 1. The normalized spacial score (nSPS) is 19.3. The summed E-state index contributed by atoms with van der Waals surface area (Å²) in [6.45, 7) is 1.70. The van der Waals surface area contributed by atoms with Crippen LogP contribution in [-0.4, -0.2) is 33.4 Å². The number of nitrogens with one attached hydrogen (secondary N) is 1. The molecule has 0 amide bonds. The van der Waals surface area contributed by atoms with Gasteiger partial charge < -0.3 is 9.52 Å². The van der Waals surface area contributed by atoms with Crippen molar-refractivity contribution in [3.63, 3.8) is 0 Å². The van der Waals surface area contributed by atoms with Gasteiger partial charge in [-0.05, 0) is 19.8 Å². The summed E-state index contributed by atoms with van der Waals surface area (Å²) in [4.78, 5) is 15.2. The van der Waals surface area contributed by atoms with Crippen LogP contribution in [0.3, 0.4) is 0 Å². The van der Waals surface area contributed by atoms with Crippen LogP contribution in [0.2, 0.25) is 0 Å². The van der Waals surface area contributed by atoms with Gasteiger partial charge in [-0.2, -0.15) is 0 Å². The van der Waals surface area contributed by atoms with Crippen molar-refractivity contribution in [2.24, 2.45) is 0 Å². The van der Waals surface area contributed by atoms with Crippen LogP contribution in [0.15, 0.2) is 22.1 Å². The molecule has 88 valence electrons. The fourth-order valence-electron chi connectivity index (χ4n) is 1.33. The summed E-state index contributed by atoms with van der Waals surface area (Å²) in [6.07, 6.45) is 5.16. The molecule has 1 heterocycles. The average Bonchev–Trinajstić information content (AvgIpc) is 2.89. The van der Waals surface area contributed by atoms with Gasteiger partial charge in [0.2, 0.25) is 0 Å². The van der Waals surface area contributed by atoms with Gasteiger partial charge in [-0.3, -0.25) is 10.1 Å². The molecule has 0 radical (unpaired) electrons. The first-order valence-corrected chi connectivity index (χ1v) is 6.12. The van der Waals surface area contributed by atoms with E-state index in [9.17, 15) is 9.90 Å². The van der Waals surface area contributed by atoms with Crippen molar-refractivity contribution in [2.75, 3.05) is 5.75 Å². The summed E-state index contributed by atoms with van der Waals surface area (Å²) >= 11 is 1.31. The van der Waals surface area contributed by atoms with Crippen LogP contribution in [0, 0.1) is 0 Å². The third kappa shape index (κ3) is 2.76. The highest BCUT2D eigenvalue weighted by atomic mass is 32.2. The van der Waals surface area contributed by atoms with Crippen molar-refractivity contribution in [1.82, 2.24) is 10.3 Å². The first-order chi connectivity index (χ1) is 7.60. The molecule has 1 fully saturated rings. The van der Waals surface area contributed by atoms with Crippen LogP contribution in [0.25, 0.3) is 0 Å². The molecule has 1 atom stereocenters. The summed E-state index contributed by atoms with van der Waals surface area (Å²) in [5, 5.41) is 12.9. The van der Waals surface area contributed by atoms with Gasteiger partial charge in [-0.25, -0.2) is 4.98 Å². The van der Waals surface area contributed by atoms with Gasteiger partial charge in [0, 0.05) is 11.8 Å². The van der Waals surface area contributed by atoms with E-state index >= 15 is 0 Å². The van der Waals surface area contributed by atoms with Gasteiger partial charge in [0.05, 0.1) is 6.20 Å². The number of carboxylic acid groups (broad SMARTS) is 1. The van der Waals surface area contributed by atoms with Crippen LogP contribution >= 0.6 is 11.8 Å². The highest BCUT2D eigenvalue weighted by molar-refractivity contribution is 7.99. The second kappa shape index (κ2) is 4.47. The number of aliphatic carboxylic acids is 1. The molecule has 0 saturated heterocycles. The van der Waals surface area contributed by atoms with E-state index in [4.69, 9.17) is 4.42 Å². The van der Waals surface area contributed by atoms with Crippen molar-refractivity contribution in [1.29, 1.82) is 0 Å². The zero-order valence-electron chi connectivity index (χ0n) is 8.97. The first kappa shape index (κ1) is 11.5. The maximum absolute atomic E-state index is 11.2. The summed E-state index contributed by atoms with van der Waals surface area (Å²) in [5.41, 5.74) is -0.916. The Balaban J connectivity index is 1.93. The Morgan fingerprint density at radius 1 is 1.81 bits per heavy atom. The fourth-order valence-corrected chi connectivity index (χ4v) is 2.21. The number of hydrogen-bond acceptors (Lipinski definition) is 5. The van der Waals surface area contributed by atoms with E-state index in [1.54, 1.807) is 13.1 Å². The van der Waals surface area contributed by atoms with E-state index in [-0.39, 0.29) is 0 Å². The van der Waals surface area contributed by atoms with Crippen molar-refractivity contribution >= 4 is 17.7 Å². The average molecular weight is 242 g/mol. The summed E-state index contributed by atoms with van der Waals surface area (Å²) in [6, 6.07) is 0.353. The summed E-state index contributed by atoms with van der Waals surface area (Å²) in [7, 11) is 0. The Morgan fingerprint density at radius 2 is 2.56 bits per heavy atom. The monoisotopic (exact) mass is 242 g/mol. The second-order valence-corrected chi connectivity index (χ2v) is 5.07. The molecule has 6 heteroatoms. The summed E-state index contributed by atoms with van der Waals surface area (Å²) < 4.78 is 5.06. The molecular formula is C10H14N2O3S. The number of carboxylic acids is 1. The molecule has 0 aromatic carbocycles. The molecule has 2 N–H and O–H groups in total. The Labute approximate surface area is 97.6 Å². The third-order valence-electron chi connectivity index (χ3n) is 2.47. The number of aromatic nitrogens is 1. The molecule has 1 aromatic rings. The molecule has 1 aliphatic rings. The highest BCUT2D eigenvalue weighted by Crippen LogP contribution is 2.26. The van der Waals surface area contributed by atoms with E-state index in [0.717, 1.165) is 12.8 Å². The molecule has 1 unspecified atom stereocenters. The van der Waals surface area contributed by atoms with Gasteiger partial charge >= 0.3 is 5.97 Å². The molecule has 0 aliphatic heterocycles. The minimum absolute atomic E-state index is 0.353. The molecule has 2 rings (SSSR count). The molecule has 0 bridgehead atoms. The predicted molar refractivity (Wildman–Crippen MR) is 59.4 cm³/mol. The molecule has 0 spiro atoms. The van der Waals surface area contributed by atoms with E-state index in [1.807, 2.05) is 0 Å². The Kier molecular flexibility index (Phi) is 3.20. The molecule has 1 aromatic heterocycles. The van der Waals surface area contributed by atoms with Gasteiger partial charge in [-0.1, -0.05) is 11.8 Å². The van der Waals surface area contributed by atoms with Crippen LogP contribution in [0.5, 0.6) is 0 Å². The van der Waals surface area contributed by atoms with Gasteiger partial charge in [0.1, 0.15) is 11.8 Å². The topological polar surface area (TPSA) is 75.4 Å². The Morgan fingerprint density at radius 3 is 3.06 bits per heavy atom. The van der Waals surface area contributed by atoms with E-state index in [2.05, 4.69) is 10.3 Å². The van der Waals surface area contributed by atoms with Crippen molar-refractivity contribution in [3.8, 4) is 0 Å². The Bertz CT molecular complexity index is 364. The van der Waals surface area contributed by atoms with Gasteiger partial charge in [0.15, 0.2) is 0 Å². The lowest BCUT2D eigenvalue weighted by molar-refractivity contribution is -0.143. The van der Waals surface area contributed by atoms with Crippen LogP contribution in [0.4, 0.5) is 0 Å². The van der Waals surface area contributed by atoms with E-state index < -0.39 is 11.5 Å². The predicted octanol–water partition coefficient (Wildman–Crippen LogP) is 1.36. The minimum Gasteiger partial charge on any atom is -0.480 e. The van der Waals surface area contributed by atoms with Gasteiger partial charge in [0.25, 0.3) is 5.22 Å². The van der Waals surface area contributed by atoms with Crippen molar-refractivity contribution in [2.45, 2.75) is 36.6 Å². The first-order valence-electron chi connectivity index (χ1n) is 5.13. The number of hydrogen-bond donors (Lipinski definition) is 2. The van der Waals surface area contributed by atoms with Crippen molar-refractivity contribution < 1.29 is 14.3 Å². The largest absolute Gasteiger partial charge is 0.480 e. The SMILES string of the molecule is CC(CSc1ncco1)(NC1CC1)C(=O)O. The molecule has 16 heavy (non-hydrogen) atoms.